The third-order valence-electron chi connectivity index (χ3n) is 3.05. The van der Waals surface area contributed by atoms with Gasteiger partial charge in [0.05, 0.1) is 0 Å². The molecule has 0 aromatic rings. The second kappa shape index (κ2) is 12.7. The van der Waals surface area contributed by atoms with Crippen molar-refractivity contribution in [3.8, 4) is 0 Å². The molecule has 1 unspecified atom stereocenters. The molecule has 0 spiro atoms. The largest absolute Gasteiger partial charge is 0.315 e. The van der Waals surface area contributed by atoms with E-state index in [0.29, 0.717) is 11.3 Å². The first-order chi connectivity index (χ1) is 8.16. The molecule has 1 atom stereocenters. The maximum atomic E-state index is 6.21. The molecule has 1 N–H and O–H groups in total. The fourth-order valence-electron chi connectivity index (χ4n) is 2.06. The van der Waals surface area contributed by atoms with E-state index in [1.165, 1.54) is 44.9 Å². The minimum absolute atomic E-state index is 0.305. The lowest BCUT2D eigenvalue weighted by Crippen LogP contribution is -2.25. The van der Waals surface area contributed by atoms with Crippen LogP contribution in [-0.4, -0.2) is 18.5 Å². The van der Waals surface area contributed by atoms with E-state index in [1.54, 1.807) is 0 Å². The van der Waals surface area contributed by atoms with Gasteiger partial charge in [-0.2, -0.15) is 0 Å². The summed E-state index contributed by atoms with van der Waals surface area (Å²) in [5.41, 5.74) is 0. The molecule has 0 saturated heterocycles. The van der Waals surface area contributed by atoms with Crippen molar-refractivity contribution in [2.24, 2.45) is 5.92 Å². The fraction of sp³-hybridized carbons (Fsp3) is 1.00. The van der Waals surface area contributed by atoms with Gasteiger partial charge in [0.25, 0.3) is 0 Å². The van der Waals surface area contributed by atoms with Crippen LogP contribution in [-0.2, 0) is 0 Å². The molecule has 0 aliphatic heterocycles. The molecule has 1 nitrogen and oxygen atoms in total. The molecule has 0 aliphatic carbocycles. The summed E-state index contributed by atoms with van der Waals surface area (Å²) >= 11 is 6.21. The molecule has 2 heteroatoms. The highest BCUT2D eigenvalue weighted by molar-refractivity contribution is 6.20. The van der Waals surface area contributed by atoms with Crippen molar-refractivity contribution < 1.29 is 0 Å². The molecular weight excluding hydrogens is 230 g/mol. The molecular formula is C15H32ClN. The van der Waals surface area contributed by atoms with Crippen LogP contribution in [0, 0.1) is 5.92 Å². The van der Waals surface area contributed by atoms with Crippen molar-refractivity contribution in [3.05, 3.63) is 0 Å². The van der Waals surface area contributed by atoms with Crippen LogP contribution in [0.25, 0.3) is 0 Å². The van der Waals surface area contributed by atoms with E-state index in [2.05, 4.69) is 26.1 Å². The fourth-order valence-corrected chi connectivity index (χ4v) is 2.53. The highest BCUT2D eigenvalue weighted by Crippen LogP contribution is 2.09. The molecule has 0 heterocycles. The Bertz CT molecular complexity index is 148. The third kappa shape index (κ3) is 14.2. The first kappa shape index (κ1) is 17.2. The van der Waals surface area contributed by atoms with Gasteiger partial charge in [0.2, 0.25) is 0 Å². The highest BCUT2D eigenvalue weighted by Gasteiger charge is 2.05. The minimum atomic E-state index is 0.305. The second-order valence-electron chi connectivity index (χ2n) is 5.55. The Hall–Kier alpha value is 0.250. The van der Waals surface area contributed by atoms with Crippen molar-refractivity contribution in [2.75, 3.05) is 13.1 Å². The van der Waals surface area contributed by atoms with Crippen molar-refractivity contribution >= 4 is 11.6 Å². The van der Waals surface area contributed by atoms with Gasteiger partial charge in [-0.15, -0.1) is 11.6 Å². The van der Waals surface area contributed by atoms with Crippen LogP contribution in [0.1, 0.15) is 72.1 Å². The van der Waals surface area contributed by atoms with E-state index in [-0.39, 0.29) is 0 Å². The van der Waals surface area contributed by atoms with Gasteiger partial charge < -0.3 is 5.32 Å². The smallest absolute Gasteiger partial charge is 0.0463 e. The number of unbranched alkanes of at least 4 members (excludes halogenated alkanes) is 6. The van der Waals surface area contributed by atoms with Gasteiger partial charge in [-0.3, -0.25) is 0 Å². The predicted molar refractivity (Wildman–Crippen MR) is 80.0 cm³/mol. The Labute approximate surface area is 114 Å². The molecule has 0 saturated carbocycles. The first-order valence-electron chi connectivity index (χ1n) is 7.51. The van der Waals surface area contributed by atoms with E-state index < -0.39 is 0 Å². The Morgan fingerprint density at radius 3 is 2.12 bits per heavy atom. The Kier molecular flexibility index (Phi) is 12.9. The van der Waals surface area contributed by atoms with Crippen molar-refractivity contribution in [1.29, 1.82) is 0 Å². The summed E-state index contributed by atoms with van der Waals surface area (Å²) < 4.78 is 0. The monoisotopic (exact) mass is 261 g/mol. The van der Waals surface area contributed by atoms with Gasteiger partial charge in [-0.25, -0.2) is 0 Å². The maximum Gasteiger partial charge on any atom is 0.0463 e. The average molecular weight is 262 g/mol. The number of hydrogen-bond acceptors (Lipinski definition) is 1. The van der Waals surface area contributed by atoms with Crippen LogP contribution in [0.5, 0.6) is 0 Å². The molecule has 0 radical (unpaired) electrons. The van der Waals surface area contributed by atoms with Gasteiger partial charge in [0.15, 0.2) is 0 Å². The Morgan fingerprint density at radius 1 is 0.941 bits per heavy atom. The number of alkyl halides is 1. The van der Waals surface area contributed by atoms with Crippen molar-refractivity contribution in [1.82, 2.24) is 5.32 Å². The maximum absolute atomic E-state index is 6.21. The molecule has 0 rings (SSSR count). The molecule has 0 aromatic carbocycles. The molecule has 104 valence electrons. The van der Waals surface area contributed by atoms with Gasteiger partial charge in [0, 0.05) is 11.9 Å². The van der Waals surface area contributed by atoms with E-state index >= 15 is 0 Å². The number of rotatable bonds is 12. The molecule has 0 aromatic heterocycles. The molecule has 17 heavy (non-hydrogen) atoms. The number of nitrogens with one attached hydrogen (secondary N) is 1. The summed E-state index contributed by atoms with van der Waals surface area (Å²) in [6.07, 6.45) is 10.8. The van der Waals surface area contributed by atoms with Gasteiger partial charge in [0.1, 0.15) is 0 Å². The summed E-state index contributed by atoms with van der Waals surface area (Å²) in [6, 6.07) is 0. The van der Waals surface area contributed by atoms with Crippen LogP contribution in [0.15, 0.2) is 0 Å². The molecule has 0 aliphatic rings. The van der Waals surface area contributed by atoms with E-state index in [0.717, 1.165) is 19.5 Å². The summed E-state index contributed by atoms with van der Waals surface area (Å²) in [7, 11) is 0. The first-order valence-corrected chi connectivity index (χ1v) is 7.95. The zero-order chi connectivity index (χ0) is 12.9. The lowest BCUT2D eigenvalue weighted by atomic mass is 10.1. The zero-order valence-electron chi connectivity index (χ0n) is 12.1. The van der Waals surface area contributed by atoms with Crippen LogP contribution in [0.4, 0.5) is 0 Å². The van der Waals surface area contributed by atoms with E-state index in [9.17, 15) is 0 Å². The summed E-state index contributed by atoms with van der Waals surface area (Å²) in [5, 5.41) is 3.77. The van der Waals surface area contributed by atoms with E-state index in [1.807, 2.05) is 0 Å². The van der Waals surface area contributed by atoms with Crippen LogP contribution in [0.3, 0.4) is 0 Å². The van der Waals surface area contributed by atoms with Crippen LogP contribution in [0.2, 0.25) is 0 Å². The lowest BCUT2D eigenvalue weighted by molar-refractivity contribution is 0.518. The van der Waals surface area contributed by atoms with E-state index in [4.69, 9.17) is 11.6 Å². The number of halogens is 1. The lowest BCUT2D eigenvalue weighted by Gasteiger charge is -2.12. The van der Waals surface area contributed by atoms with Crippen LogP contribution < -0.4 is 5.32 Å². The predicted octanol–water partition coefficient (Wildman–Crippen LogP) is 4.98. The average Bonchev–Trinajstić information content (AvgIpc) is 2.26. The Morgan fingerprint density at radius 2 is 1.53 bits per heavy atom. The highest BCUT2D eigenvalue weighted by atomic mass is 35.5. The van der Waals surface area contributed by atoms with Crippen LogP contribution >= 0.6 is 11.6 Å². The SMILES string of the molecule is CCCCCCCCCNCC(Cl)CC(C)C. The standard InChI is InChI=1S/C15H32ClN/c1-4-5-6-7-8-9-10-11-17-13-15(16)12-14(2)3/h14-15,17H,4-13H2,1-3H3. The molecule has 0 bridgehead atoms. The van der Waals surface area contributed by atoms with Gasteiger partial charge in [-0.05, 0) is 25.3 Å². The summed E-state index contributed by atoms with van der Waals surface area (Å²) in [6.45, 7) is 8.83. The number of hydrogen-bond donors (Lipinski definition) is 1. The molecule has 0 amide bonds. The summed E-state index contributed by atoms with van der Waals surface area (Å²) in [4.78, 5) is 0. The third-order valence-corrected chi connectivity index (χ3v) is 3.38. The van der Waals surface area contributed by atoms with Gasteiger partial charge >= 0.3 is 0 Å². The zero-order valence-corrected chi connectivity index (χ0v) is 12.9. The van der Waals surface area contributed by atoms with Gasteiger partial charge in [-0.1, -0.05) is 59.3 Å². The summed E-state index contributed by atoms with van der Waals surface area (Å²) in [5.74, 6) is 0.706. The van der Waals surface area contributed by atoms with Crippen molar-refractivity contribution in [2.45, 2.75) is 77.5 Å². The normalized spacial score (nSPS) is 13.2. The minimum Gasteiger partial charge on any atom is -0.315 e. The topological polar surface area (TPSA) is 12.0 Å². The quantitative estimate of drug-likeness (QED) is 0.386. The second-order valence-corrected chi connectivity index (χ2v) is 6.17. The Balaban J connectivity index is 3.07. The molecule has 0 fully saturated rings. The van der Waals surface area contributed by atoms with Crippen molar-refractivity contribution in [3.63, 3.8) is 0 Å².